The fourth-order valence-corrected chi connectivity index (χ4v) is 4.62. The van der Waals surface area contributed by atoms with Crippen LogP contribution in [0.5, 0.6) is 0 Å². The van der Waals surface area contributed by atoms with Crippen molar-refractivity contribution in [3.63, 3.8) is 0 Å². The van der Waals surface area contributed by atoms with E-state index in [1.165, 1.54) is 33.5 Å². The lowest BCUT2D eigenvalue weighted by Crippen LogP contribution is -2.36. The SMILES string of the molecule is Cc1nnc(SCC(=O)N2CCc3sccc3C2)s1. The number of rotatable bonds is 3. The quantitative estimate of drug-likeness (QED) is 0.817. The average molecular weight is 311 g/mol. The normalized spacial score (nSPS) is 14.5. The van der Waals surface area contributed by atoms with Gasteiger partial charge in [0.15, 0.2) is 4.34 Å². The van der Waals surface area contributed by atoms with Gasteiger partial charge < -0.3 is 4.90 Å². The van der Waals surface area contributed by atoms with Gasteiger partial charge in [-0.3, -0.25) is 4.79 Å². The highest BCUT2D eigenvalue weighted by molar-refractivity contribution is 8.01. The van der Waals surface area contributed by atoms with E-state index in [1.807, 2.05) is 11.8 Å². The number of aromatic nitrogens is 2. The molecule has 0 N–H and O–H groups in total. The summed E-state index contributed by atoms with van der Waals surface area (Å²) in [5.74, 6) is 0.642. The highest BCUT2D eigenvalue weighted by Crippen LogP contribution is 2.26. The molecule has 1 aliphatic rings. The number of carbonyl (C=O) groups excluding carboxylic acids is 1. The number of amides is 1. The number of hydrogen-bond donors (Lipinski definition) is 0. The number of nitrogens with zero attached hydrogens (tertiary/aromatic N) is 3. The van der Waals surface area contributed by atoms with Crippen molar-refractivity contribution >= 4 is 40.3 Å². The summed E-state index contributed by atoms with van der Waals surface area (Å²) in [6.45, 7) is 3.52. The summed E-state index contributed by atoms with van der Waals surface area (Å²) >= 11 is 4.81. The predicted octanol–water partition coefficient (Wildman–Crippen LogP) is 2.59. The Kier molecular flexibility index (Phi) is 3.86. The van der Waals surface area contributed by atoms with E-state index in [9.17, 15) is 4.79 Å². The minimum atomic E-state index is 0.190. The van der Waals surface area contributed by atoms with Crippen molar-refractivity contribution < 1.29 is 4.79 Å². The zero-order valence-electron chi connectivity index (χ0n) is 10.5. The van der Waals surface area contributed by atoms with Gasteiger partial charge in [-0.1, -0.05) is 23.1 Å². The van der Waals surface area contributed by atoms with Crippen LogP contribution in [0, 0.1) is 6.92 Å². The maximum atomic E-state index is 12.2. The highest BCUT2D eigenvalue weighted by Gasteiger charge is 2.21. The topological polar surface area (TPSA) is 46.1 Å². The standard InChI is InChI=1S/C12H13N3OS3/c1-8-13-14-12(19-8)18-7-11(16)15-4-2-10-9(6-15)3-5-17-10/h3,5H,2,4,6-7H2,1H3. The monoisotopic (exact) mass is 311 g/mol. The van der Waals surface area contributed by atoms with Crippen LogP contribution in [0.15, 0.2) is 15.8 Å². The number of aryl methyl sites for hydroxylation is 1. The van der Waals surface area contributed by atoms with Gasteiger partial charge in [-0.25, -0.2) is 0 Å². The average Bonchev–Trinajstić information content (AvgIpc) is 3.03. The Morgan fingerprint density at radius 1 is 1.53 bits per heavy atom. The molecule has 0 unspecified atom stereocenters. The Morgan fingerprint density at radius 3 is 3.21 bits per heavy atom. The molecule has 0 aliphatic carbocycles. The van der Waals surface area contributed by atoms with Crippen LogP contribution < -0.4 is 0 Å². The molecule has 1 amide bonds. The zero-order chi connectivity index (χ0) is 13.2. The lowest BCUT2D eigenvalue weighted by molar-refractivity contribution is -0.129. The van der Waals surface area contributed by atoms with Crippen LogP contribution in [0.2, 0.25) is 0 Å². The van der Waals surface area contributed by atoms with Crippen LogP contribution in [0.25, 0.3) is 0 Å². The van der Waals surface area contributed by atoms with E-state index >= 15 is 0 Å². The van der Waals surface area contributed by atoms with E-state index in [0.717, 1.165) is 28.9 Å². The van der Waals surface area contributed by atoms with Gasteiger partial charge in [0.25, 0.3) is 0 Å². The van der Waals surface area contributed by atoms with Crippen molar-refractivity contribution in [2.24, 2.45) is 0 Å². The van der Waals surface area contributed by atoms with Crippen molar-refractivity contribution in [2.75, 3.05) is 12.3 Å². The van der Waals surface area contributed by atoms with Gasteiger partial charge in [-0.2, -0.15) is 0 Å². The van der Waals surface area contributed by atoms with Crippen LogP contribution in [0.4, 0.5) is 0 Å². The minimum absolute atomic E-state index is 0.190. The van der Waals surface area contributed by atoms with E-state index in [0.29, 0.717) is 5.75 Å². The van der Waals surface area contributed by atoms with E-state index in [4.69, 9.17) is 0 Å². The van der Waals surface area contributed by atoms with Crippen molar-refractivity contribution in [3.8, 4) is 0 Å². The molecule has 0 fully saturated rings. The van der Waals surface area contributed by atoms with Crippen LogP contribution >= 0.6 is 34.4 Å². The van der Waals surface area contributed by atoms with Gasteiger partial charge in [0.2, 0.25) is 5.91 Å². The first-order valence-corrected chi connectivity index (χ1v) is 8.66. The molecule has 0 bridgehead atoms. The Bertz CT molecular complexity index is 593. The summed E-state index contributed by atoms with van der Waals surface area (Å²) in [6.07, 6.45) is 0.987. The predicted molar refractivity (Wildman–Crippen MR) is 78.8 cm³/mol. The van der Waals surface area contributed by atoms with Crippen LogP contribution in [0.1, 0.15) is 15.4 Å². The van der Waals surface area contributed by atoms with Crippen LogP contribution in [0.3, 0.4) is 0 Å². The third kappa shape index (κ3) is 2.98. The molecule has 0 saturated carbocycles. The van der Waals surface area contributed by atoms with E-state index in [-0.39, 0.29) is 5.91 Å². The second kappa shape index (κ2) is 5.60. The number of thioether (sulfide) groups is 1. The zero-order valence-corrected chi connectivity index (χ0v) is 12.9. The lowest BCUT2D eigenvalue weighted by Gasteiger charge is -2.26. The number of hydrogen-bond acceptors (Lipinski definition) is 6. The van der Waals surface area contributed by atoms with Gasteiger partial charge in [0.1, 0.15) is 5.01 Å². The number of carbonyl (C=O) groups is 1. The molecule has 100 valence electrons. The fourth-order valence-electron chi connectivity index (χ4n) is 2.01. The van der Waals surface area contributed by atoms with Gasteiger partial charge in [-0.15, -0.1) is 21.5 Å². The molecule has 0 spiro atoms. The molecule has 0 radical (unpaired) electrons. The first-order chi connectivity index (χ1) is 9.22. The summed E-state index contributed by atoms with van der Waals surface area (Å²) < 4.78 is 0.874. The summed E-state index contributed by atoms with van der Waals surface area (Å²) in [5.41, 5.74) is 1.31. The van der Waals surface area contributed by atoms with Crippen LogP contribution in [-0.2, 0) is 17.8 Å². The van der Waals surface area contributed by atoms with Crippen molar-refractivity contribution in [2.45, 2.75) is 24.2 Å². The molecule has 0 saturated heterocycles. The molecule has 0 aromatic carbocycles. The third-order valence-corrected chi connectivity index (χ3v) is 5.97. The summed E-state index contributed by atoms with van der Waals surface area (Å²) in [5, 5.41) is 11.0. The molecule has 19 heavy (non-hydrogen) atoms. The molecule has 2 aromatic rings. The van der Waals surface area contributed by atoms with Gasteiger partial charge in [0.05, 0.1) is 5.75 Å². The fraction of sp³-hybridized carbons (Fsp3) is 0.417. The summed E-state index contributed by atoms with van der Waals surface area (Å²) in [6, 6.07) is 2.13. The Morgan fingerprint density at radius 2 is 2.42 bits per heavy atom. The molecule has 3 rings (SSSR count). The van der Waals surface area contributed by atoms with Gasteiger partial charge in [-0.05, 0) is 30.4 Å². The Hall–Kier alpha value is -0.920. The first-order valence-electron chi connectivity index (χ1n) is 5.98. The van der Waals surface area contributed by atoms with E-state index < -0.39 is 0 Å². The molecule has 3 heterocycles. The van der Waals surface area contributed by atoms with Crippen LogP contribution in [-0.4, -0.2) is 33.3 Å². The first kappa shape index (κ1) is 13.1. The highest BCUT2D eigenvalue weighted by atomic mass is 32.2. The van der Waals surface area contributed by atoms with Gasteiger partial charge >= 0.3 is 0 Å². The van der Waals surface area contributed by atoms with E-state index in [1.54, 1.807) is 11.3 Å². The van der Waals surface area contributed by atoms with Crippen molar-refractivity contribution in [3.05, 3.63) is 26.9 Å². The van der Waals surface area contributed by atoms with Crippen molar-refractivity contribution in [1.82, 2.24) is 15.1 Å². The molecular weight excluding hydrogens is 298 g/mol. The summed E-state index contributed by atoms with van der Waals surface area (Å²) in [7, 11) is 0. The number of fused-ring (bicyclic) bond motifs is 1. The molecule has 7 heteroatoms. The number of thiophene rings is 1. The molecule has 1 aliphatic heterocycles. The molecular formula is C12H13N3OS3. The largest absolute Gasteiger partial charge is 0.337 e. The minimum Gasteiger partial charge on any atom is -0.337 e. The maximum Gasteiger partial charge on any atom is 0.233 e. The third-order valence-electron chi connectivity index (χ3n) is 2.99. The van der Waals surface area contributed by atoms with Gasteiger partial charge in [0, 0.05) is 18.0 Å². The molecule has 0 atom stereocenters. The smallest absolute Gasteiger partial charge is 0.233 e. The Labute approximate surface area is 123 Å². The lowest BCUT2D eigenvalue weighted by atomic mass is 10.1. The second-order valence-corrected chi connectivity index (χ2v) is 7.71. The summed E-state index contributed by atoms with van der Waals surface area (Å²) in [4.78, 5) is 15.5. The maximum absolute atomic E-state index is 12.2. The van der Waals surface area contributed by atoms with E-state index in [2.05, 4.69) is 21.6 Å². The van der Waals surface area contributed by atoms with Crippen molar-refractivity contribution in [1.29, 1.82) is 0 Å². The Balaban J connectivity index is 1.57. The molecule has 2 aromatic heterocycles. The second-order valence-electron chi connectivity index (χ2n) is 4.31. The molecule has 4 nitrogen and oxygen atoms in total.